The highest BCUT2D eigenvalue weighted by Gasteiger charge is 2.36. The Balaban J connectivity index is 1.58. The van der Waals surface area contributed by atoms with Crippen molar-refractivity contribution in [1.29, 1.82) is 0 Å². The third-order valence-electron chi connectivity index (χ3n) is 4.13. The molecule has 0 radical (unpaired) electrons. The molecule has 2 heterocycles. The van der Waals surface area contributed by atoms with E-state index in [0.29, 0.717) is 6.61 Å². The van der Waals surface area contributed by atoms with Crippen molar-refractivity contribution in [3.8, 4) is 0 Å². The first-order valence-corrected chi connectivity index (χ1v) is 7.29. The molecule has 110 valence electrons. The average Bonchev–Trinajstić information content (AvgIpc) is 3.16. The molecule has 20 heavy (non-hydrogen) atoms. The van der Waals surface area contributed by atoms with E-state index in [1.54, 1.807) is 10.9 Å². The fourth-order valence-electron chi connectivity index (χ4n) is 3.03. The highest BCUT2D eigenvalue weighted by Crippen LogP contribution is 2.31. The molecule has 0 unspecified atom stereocenters. The van der Waals surface area contributed by atoms with E-state index in [1.165, 1.54) is 12.8 Å². The Morgan fingerprint density at radius 1 is 1.45 bits per heavy atom. The fraction of sp³-hybridized carbons (Fsp3) is 0.714. The molecule has 1 saturated carbocycles. The van der Waals surface area contributed by atoms with Gasteiger partial charge >= 0.3 is 0 Å². The smallest absolute Gasteiger partial charge is 0.273 e. The third-order valence-corrected chi connectivity index (χ3v) is 4.13. The molecule has 1 N–H and O–H groups in total. The van der Waals surface area contributed by atoms with Gasteiger partial charge in [-0.05, 0) is 24.8 Å². The molecule has 1 saturated heterocycles. The molecule has 0 spiro atoms. The Bertz CT molecular complexity index is 468. The maximum absolute atomic E-state index is 12.2. The first kappa shape index (κ1) is 13.6. The van der Waals surface area contributed by atoms with Crippen LogP contribution in [0, 0.1) is 0 Å². The molecule has 0 bridgehead atoms. The van der Waals surface area contributed by atoms with Crippen LogP contribution < -0.4 is 5.48 Å². The van der Waals surface area contributed by atoms with Crippen LogP contribution in [0.2, 0.25) is 0 Å². The number of hydrogen-bond acceptors (Lipinski definition) is 4. The van der Waals surface area contributed by atoms with Gasteiger partial charge in [-0.3, -0.25) is 14.3 Å². The van der Waals surface area contributed by atoms with Gasteiger partial charge in [0.2, 0.25) is 0 Å². The quantitative estimate of drug-likeness (QED) is 0.843. The number of hydrogen-bond donors (Lipinski definition) is 1. The summed E-state index contributed by atoms with van der Waals surface area (Å²) in [4.78, 5) is 17.7. The van der Waals surface area contributed by atoms with E-state index in [0.717, 1.165) is 24.8 Å². The first-order chi connectivity index (χ1) is 9.74. The summed E-state index contributed by atoms with van der Waals surface area (Å²) in [6.07, 6.45) is 8.69. The van der Waals surface area contributed by atoms with Gasteiger partial charge < -0.3 is 4.74 Å². The maximum Gasteiger partial charge on any atom is 0.273 e. The minimum Gasteiger partial charge on any atom is -0.368 e. The number of nitrogens with zero attached hydrogens (tertiary/aromatic N) is 2. The zero-order chi connectivity index (χ0) is 13.9. The Kier molecular flexibility index (Phi) is 4.03. The van der Waals surface area contributed by atoms with Gasteiger partial charge in [0.15, 0.2) is 0 Å². The second-order valence-corrected chi connectivity index (χ2v) is 5.62. The lowest BCUT2D eigenvalue weighted by atomic mass is 9.95. The number of carbonyl (C=O) groups is 1. The average molecular weight is 279 g/mol. The molecule has 0 aromatic carbocycles. The summed E-state index contributed by atoms with van der Waals surface area (Å²) in [6.45, 7) is 0.598. The molecule has 2 aliphatic rings. The lowest BCUT2D eigenvalue weighted by Gasteiger charge is -2.18. The van der Waals surface area contributed by atoms with Gasteiger partial charge in [0.1, 0.15) is 6.10 Å². The normalized spacial score (nSPS) is 27.1. The molecule has 1 aromatic heterocycles. The maximum atomic E-state index is 12.2. The highest BCUT2D eigenvalue weighted by atomic mass is 16.7. The number of amides is 1. The van der Waals surface area contributed by atoms with E-state index in [1.807, 2.05) is 13.2 Å². The molecule has 1 amide bonds. The van der Waals surface area contributed by atoms with Crippen LogP contribution in [0.15, 0.2) is 12.4 Å². The van der Waals surface area contributed by atoms with E-state index in [2.05, 4.69) is 10.6 Å². The Labute approximate surface area is 118 Å². The van der Waals surface area contributed by atoms with Gasteiger partial charge in [0.25, 0.3) is 5.91 Å². The summed E-state index contributed by atoms with van der Waals surface area (Å²) < 4.78 is 7.32. The summed E-state index contributed by atoms with van der Waals surface area (Å²) in [5.41, 5.74) is 3.63. The molecule has 2 fully saturated rings. The van der Waals surface area contributed by atoms with Gasteiger partial charge in [0.05, 0.1) is 12.3 Å². The van der Waals surface area contributed by atoms with Crippen molar-refractivity contribution in [3.63, 3.8) is 0 Å². The second-order valence-electron chi connectivity index (χ2n) is 5.62. The van der Waals surface area contributed by atoms with Crippen molar-refractivity contribution in [1.82, 2.24) is 15.3 Å². The summed E-state index contributed by atoms with van der Waals surface area (Å²) in [5, 5.41) is 4.16. The van der Waals surface area contributed by atoms with Gasteiger partial charge in [-0.15, -0.1) is 0 Å². The topological polar surface area (TPSA) is 65.4 Å². The fourth-order valence-corrected chi connectivity index (χ4v) is 3.03. The standard InChI is InChI=1S/C14H21N3O3/c1-17-9-10(8-15-17)12-6-7-19-13(12)14(18)16-20-11-4-2-3-5-11/h8-9,11-13H,2-7H2,1H3,(H,16,18)/t12-,13-/m0/s1. The number of rotatable bonds is 4. The highest BCUT2D eigenvalue weighted by molar-refractivity contribution is 5.81. The lowest BCUT2D eigenvalue weighted by molar-refractivity contribution is -0.148. The summed E-state index contributed by atoms with van der Waals surface area (Å²) in [6, 6.07) is 0. The molecular weight excluding hydrogens is 258 g/mol. The molecular formula is C14H21N3O3. The van der Waals surface area contributed by atoms with Crippen LogP contribution in [0.1, 0.15) is 43.6 Å². The Morgan fingerprint density at radius 2 is 2.25 bits per heavy atom. The third kappa shape index (κ3) is 2.86. The lowest BCUT2D eigenvalue weighted by Crippen LogP contribution is -2.39. The van der Waals surface area contributed by atoms with Crippen molar-refractivity contribution in [3.05, 3.63) is 18.0 Å². The molecule has 1 aliphatic heterocycles. The van der Waals surface area contributed by atoms with E-state index < -0.39 is 6.10 Å². The van der Waals surface area contributed by atoms with Crippen LogP contribution in [0.3, 0.4) is 0 Å². The van der Waals surface area contributed by atoms with Crippen molar-refractivity contribution < 1.29 is 14.4 Å². The number of carbonyl (C=O) groups excluding carboxylic acids is 1. The van der Waals surface area contributed by atoms with Gasteiger partial charge in [0, 0.05) is 25.8 Å². The van der Waals surface area contributed by atoms with E-state index >= 15 is 0 Å². The molecule has 2 atom stereocenters. The number of hydroxylamine groups is 1. The molecule has 3 rings (SSSR count). The van der Waals surface area contributed by atoms with Crippen molar-refractivity contribution in [2.75, 3.05) is 6.61 Å². The van der Waals surface area contributed by atoms with Crippen molar-refractivity contribution in [2.24, 2.45) is 7.05 Å². The van der Waals surface area contributed by atoms with Crippen LogP contribution >= 0.6 is 0 Å². The predicted molar refractivity (Wildman–Crippen MR) is 71.8 cm³/mol. The summed E-state index contributed by atoms with van der Waals surface area (Å²) in [5.74, 6) is -0.112. The van der Waals surface area contributed by atoms with Gasteiger partial charge in [-0.2, -0.15) is 5.10 Å². The minimum atomic E-state index is -0.472. The van der Waals surface area contributed by atoms with Crippen LogP contribution in [0.5, 0.6) is 0 Å². The van der Waals surface area contributed by atoms with Crippen LogP contribution in [0.4, 0.5) is 0 Å². The van der Waals surface area contributed by atoms with E-state index in [-0.39, 0.29) is 17.9 Å². The SMILES string of the molecule is Cn1cc([C@@H]2CCO[C@@H]2C(=O)NOC2CCCC2)cn1. The Morgan fingerprint density at radius 3 is 2.95 bits per heavy atom. The van der Waals surface area contributed by atoms with Crippen LogP contribution in [0.25, 0.3) is 0 Å². The van der Waals surface area contributed by atoms with E-state index in [9.17, 15) is 4.79 Å². The first-order valence-electron chi connectivity index (χ1n) is 7.29. The van der Waals surface area contributed by atoms with Crippen LogP contribution in [-0.4, -0.2) is 34.5 Å². The molecule has 1 aliphatic carbocycles. The van der Waals surface area contributed by atoms with Gasteiger partial charge in [-0.25, -0.2) is 5.48 Å². The van der Waals surface area contributed by atoms with Crippen LogP contribution in [-0.2, 0) is 21.4 Å². The largest absolute Gasteiger partial charge is 0.368 e. The predicted octanol–water partition coefficient (Wildman–Crippen LogP) is 1.28. The second kappa shape index (κ2) is 5.93. The summed E-state index contributed by atoms with van der Waals surface area (Å²) in [7, 11) is 1.87. The number of ether oxygens (including phenoxy) is 1. The van der Waals surface area contributed by atoms with E-state index in [4.69, 9.17) is 9.57 Å². The summed E-state index contributed by atoms with van der Waals surface area (Å²) >= 11 is 0. The number of aryl methyl sites for hydroxylation is 1. The Hall–Kier alpha value is -1.40. The van der Waals surface area contributed by atoms with Crippen molar-refractivity contribution >= 4 is 5.91 Å². The zero-order valence-corrected chi connectivity index (χ0v) is 11.7. The molecule has 6 nitrogen and oxygen atoms in total. The monoisotopic (exact) mass is 279 g/mol. The minimum absolute atomic E-state index is 0.0656. The number of nitrogens with one attached hydrogen (secondary N) is 1. The van der Waals surface area contributed by atoms with Crippen molar-refractivity contribution in [2.45, 2.75) is 50.2 Å². The number of aromatic nitrogens is 2. The molecule has 6 heteroatoms. The molecule has 1 aromatic rings. The van der Waals surface area contributed by atoms with Gasteiger partial charge in [-0.1, -0.05) is 12.8 Å². The zero-order valence-electron chi connectivity index (χ0n) is 11.7.